The molecule has 1 fully saturated rings. The van der Waals surface area contributed by atoms with E-state index in [1.807, 2.05) is 13.8 Å². The maximum Gasteiger partial charge on any atom is 0.315 e. The summed E-state index contributed by atoms with van der Waals surface area (Å²) in [5.41, 5.74) is 2.46. The molecule has 4 nitrogen and oxygen atoms in total. The molecule has 26 heavy (non-hydrogen) atoms. The van der Waals surface area contributed by atoms with Gasteiger partial charge in [-0.2, -0.15) is 0 Å². The van der Waals surface area contributed by atoms with E-state index in [0.29, 0.717) is 5.75 Å². The maximum absolute atomic E-state index is 11.3. The molecule has 144 valence electrons. The third kappa shape index (κ3) is 5.76. The number of hydrogen-bond acceptors (Lipinski definition) is 4. The van der Waals surface area contributed by atoms with E-state index in [1.165, 1.54) is 43.1 Å². The summed E-state index contributed by atoms with van der Waals surface area (Å²) >= 11 is 1.50. The molecule has 3 rings (SSSR count). The Morgan fingerprint density at radius 1 is 1.31 bits per heavy atom. The van der Waals surface area contributed by atoms with Gasteiger partial charge in [0, 0.05) is 17.9 Å². The average molecular weight is 377 g/mol. The molecule has 0 unspecified atom stereocenters. The number of carbonyl (C=O) groups excluding carboxylic acids is 1. The van der Waals surface area contributed by atoms with E-state index < -0.39 is 0 Å². The Morgan fingerprint density at radius 2 is 2.00 bits per heavy atom. The van der Waals surface area contributed by atoms with Gasteiger partial charge < -0.3 is 9.30 Å². The molecule has 0 aliphatic heterocycles. The molecule has 1 aliphatic rings. The Bertz CT molecular complexity index is 742. The highest BCUT2D eigenvalue weighted by Gasteiger charge is 2.25. The van der Waals surface area contributed by atoms with Crippen LogP contribution in [0.4, 0.5) is 0 Å². The van der Waals surface area contributed by atoms with E-state index in [9.17, 15) is 4.79 Å². The Hall–Kier alpha value is -1.49. The van der Waals surface area contributed by atoms with Crippen molar-refractivity contribution in [3.05, 3.63) is 24.0 Å². The molecule has 0 spiro atoms. The first kappa shape index (κ1) is 20.8. The Balaban J connectivity index is 0.00000117. The van der Waals surface area contributed by atoms with Gasteiger partial charge in [-0.15, -0.1) is 11.8 Å². The summed E-state index contributed by atoms with van der Waals surface area (Å²) in [6.07, 6.45) is 3.64. The number of benzene rings is 1. The predicted molar refractivity (Wildman–Crippen MR) is 110 cm³/mol. The van der Waals surface area contributed by atoms with Crippen LogP contribution < -0.4 is 0 Å². The van der Waals surface area contributed by atoms with Gasteiger partial charge in [0.15, 0.2) is 0 Å². The highest BCUT2D eigenvalue weighted by molar-refractivity contribution is 8.00. The molecular weight excluding hydrogens is 344 g/mol. The number of methoxy groups -OCH3 is 1. The Kier molecular flexibility index (Phi) is 7.16. The van der Waals surface area contributed by atoms with Crippen LogP contribution in [0.3, 0.4) is 0 Å². The fourth-order valence-corrected chi connectivity index (χ4v) is 3.58. The van der Waals surface area contributed by atoms with Gasteiger partial charge in [0.1, 0.15) is 5.82 Å². The van der Waals surface area contributed by atoms with Crippen LogP contribution >= 0.6 is 11.8 Å². The Morgan fingerprint density at radius 3 is 2.58 bits per heavy atom. The molecule has 0 N–H and O–H groups in total. The summed E-state index contributed by atoms with van der Waals surface area (Å²) in [5, 5.41) is 0. The summed E-state index contributed by atoms with van der Waals surface area (Å²) in [6.45, 7) is 11.8. The largest absolute Gasteiger partial charge is 0.468 e. The second-order valence-electron chi connectivity index (χ2n) is 7.83. The minimum Gasteiger partial charge on any atom is -0.468 e. The molecule has 0 bridgehead atoms. The molecule has 1 heterocycles. The summed E-state index contributed by atoms with van der Waals surface area (Å²) in [7, 11) is 1.42. The van der Waals surface area contributed by atoms with Crippen molar-refractivity contribution in [1.29, 1.82) is 0 Å². The van der Waals surface area contributed by atoms with Gasteiger partial charge in [0.2, 0.25) is 0 Å². The van der Waals surface area contributed by atoms with E-state index in [-0.39, 0.29) is 11.4 Å². The van der Waals surface area contributed by atoms with Crippen molar-refractivity contribution in [2.45, 2.75) is 65.3 Å². The normalized spacial score (nSPS) is 14.1. The van der Waals surface area contributed by atoms with Gasteiger partial charge in [0.05, 0.1) is 23.9 Å². The van der Waals surface area contributed by atoms with Crippen LogP contribution in [0, 0.1) is 11.3 Å². The molecule has 0 atom stereocenters. The standard InChI is InChI=1S/C19H26N2O2S.C2H6/c1-19(2,3)10-17-20-15-9-14(24-12-18(22)23-4)7-8-16(15)21(17)11-13-5-6-13;1-2/h7-9,13H,5-6,10-12H2,1-4H3;1-2H3. The van der Waals surface area contributed by atoms with E-state index >= 15 is 0 Å². The number of hydrogen-bond donors (Lipinski definition) is 0. The van der Waals surface area contributed by atoms with E-state index in [1.54, 1.807) is 0 Å². The molecule has 1 aliphatic carbocycles. The molecule has 0 saturated heterocycles. The number of imidazole rings is 1. The van der Waals surface area contributed by atoms with E-state index in [2.05, 4.69) is 43.5 Å². The van der Waals surface area contributed by atoms with Crippen molar-refractivity contribution < 1.29 is 9.53 Å². The molecule has 5 heteroatoms. The first-order valence-electron chi connectivity index (χ1n) is 9.54. The van der Waals surface area contributed by atoms with Crippen molar-refractivity contribution in [2.75, 3.05) is 12.9 Å². The first-order chi connectivity index (χ1) is 12.4. The van der Waals surface area contributed by atoms with Gasteiger partial charge in [0.25, 0.3) is 0 Å². The minimum atomic E-state index is -0.201. The van der Waals surface area contributed by atoms with Crippen LogP contribution in [0.25, 0.3) is 11.0 Å². The SMILES string of the molecule is CC.COC(=O)CSc1ccc2c(c1)nc(CC(C)(C)C)n2CC1CC1. The van der Waals surface area contributed by atoms with E-state index in [0.717, 1.165) is 29.3 Å². The van der Waals surface area contributed by atoms with Crippen molar-refractivity contribution in [1.82, 2.24) is 9.55 Å². The molecule has 2 aromatic rings. The number of thioether (sulfide) groups is 1. The molecule has 1 aromatic carbocycles. The van der Waals surface area contributed by atoms with Gasteiger partial charge in [-0.1, -0.05) is 34.6 Å². The number of rotatable bonds is 6. The molecule has 0 amide bonds. The number of nitrogens with zero attached hydrogens (tertiary/aromatic N) is 2. The highest BCUT2D eigenvalue weighted by Crippen LogP contribution is 2.34. The summed E-state index contributed by atoms with van der Waals surface area (Å²) in [5.74, 6) is 2.13. The lowest BCUT2D eigenvalue weighted by atomic mass is 9.92. The van der Waals surface area contributed by atoms with Crippen LogP contribution in [-0.4, -0.2) is 28.4 Å². The Labute approximate surface area is 161 Å². The lowest BCUT2D eigenvalue weighted by Gasteiger charge is -2.18. The number of carbonyl (C=O) groups is 1. The number of aromatic nitrogens is 2. The summed E-state index contributed by atoms with van der Waals surface area (Å²) in [6, 6.07) is 6.33. The molecule has 0 radical (unpaired) electrons. The fourth-order valence-electron chi connectivity index (χ4n) is 2.82. The van der Waals surface area contributed by atoms with Gasteiger partial charge in [-0.05, 0) is 42.4 Å². The van der Waals surface area contributed by atoms with Crippen LogP contribution in [0.2, 0.25) is 0 Å². The summed E-state index contributed by atoms with van der Waals surface area (Å²) < 4.78 is 7.12. The van der Waals surface area contributed by atoms with Crippen molar-refractivity contribution in [2.24, 2.45) is 11.3 Å². The van der Waals surface area contributed by atoms with Crippen LogP contribution in [0.15, 0.2) is 23.1 Å². The molecule has 1 saturated carbocycles. The molecular formula is C21H32N2O2S. The van der Waals surface area contributed by atoms with E-state index in [4.69, 9.17) is 9.72 Å². The molecule has 1 aromatic heterocycles. The van der Waals surface area contributed by atoms with Gasteiger partial charge in [-0.3, -0.25) is 4.79 Å². The smallest absolute Gasteiger partial charge is 0.315 e. The third-order valence-corrected chi connectivity index (χ3v) is 5.18. The average Bonchev–Trinajstić information content (AvgIpc) is 3.36. The van der Waals surface area contributed by atoms with Gasteiger partial charge >= 0.3 is 5.97 Å². The predicted octanol–water partition coefficient (Wildman–Crippen LogP) is 5.33. The highest BCUT2D eigenvalue weighted by atomic mass is 32.2. The van der Waals surface area contributed by atoms with Gasteiger partial charge in [-0.25, -0.2) is 4.98 Å². The van der Waals surface area contributed by atoms with Crippen molar-refractivity contribution in [3.63, 3.8) is 0 Å². The zero-order valence-electron chi connectivity index (χ0n) is 17.0. The maximum atomic E-state index is 11.3. The second-order valence-corrected chi connectivity index (χ2v) is 8.88. The minimum absolute atomic E-state index is 0.201. The third-order valence-electron chi connectivity index (χ3n) is 4.21. The lowest BCUT2D eigenvalue weighted by Crippen LogP contribution is -2.15. The van der Waals surface area contributed by atoms with Crippen LogP contribution in [0.1, 0.15) is 53.3 Å². The number of fused-ring (bicyclic) bond motifs is 1. The second kappa shape index (κ2) is 8.94. The van der Waals surface area contributed by atoms with Crippen LogP contribution in [0.5, 0.6) is 0 Å². The number of ether oxygens (including phenoxy) is 1. The topological polar surface area (TPSA) is 44.1 Å². The number of esters is 1. The van der Waals surface area contributed by atoms with Crippen molar-refractivity contribution in [3.8, 4) is 0 Å². The fraction of sp³-hybridized carbons (Fsp3) is 0.619. The summed E-state index contributed by atoms with van der Waals surface area (Å²) in [4.78, 5) is 17.3. The zero-order chi connectivity index (χ0) is 19.3. The van der Waals surface area contributed by atoms with Crippen molar-refractivity contribution >= 4 is 28.8 Å². The first-order valence-corrected chi connectivity index (χ1v) is 10.5. The quantitative estimate of drug-likeness (QED) is 0.505. The monoisotopic (exact) mass is 376 g/mol. The zero-order valence-corrected chi connectivity index (χ0v) is 17.8. The lowest BCUT2D eigenvalue weighted by molar-refractivity contribution is -0.137. The van der Waals surface area contributed by atoms with Crippen LogP contribution in [-0.2, 0) is 22.5 Å².